The number of methoxy groups -OCH3 is 1. The zero-order valence-corrected chi connectivity index (χ0v) is 18.1. The number of hydrogen-bond donors (Lipinski definition) is 1. The number of likely N-dealkylation sites (tertiary alicyclic amines) is 1. The predicted molar refractivity (Wildman–Crippen MR) is 116 cm³/mol. The fourth-order valence-electron chi connectivity index (χ4n) is 4.22. The molecule has 1 amide bonds. The van der Waals surface area contributed by atoms with Crippen molar-refractivity contribution in [1.29, 1.82) is 0 Å². The Labute approximate surface area is 189 Å². The second kappa shape index (κ2) is 9.68. The Morgan fingerprint density at radius 2 is 1.82 bits per heavy atom. The first-order valence-corrected chi connectivity index (χ1v) is 10.6. The Hall–Kier alpha value is -3.30. The maximum absolute atomic E-state index is 14.1. The van der Waals surface area contributed by atoms with Gasteiger partial charge in [-0.3, -0.25) is 14.5 Å². The molecule has 9 heteroatoms. The Morgan fingerprint density at radius 1 is 1.09 bits per heavy atom. The molecule has 0 saturated carbocycles. The fourth-order valence-corrected chi connectivity index (χ4v) is 4.22. The monoisotopic (exact) mass is 458 g/mol. The number of benzene rings is 2. The molecule has 0 aliphatic carbocycles. The quantitative estimate of drug-likeness (QED) is 0.408. The predicted octanol–water partition coefficient (Wildman–Crippen LogP) is 2.73. The lowest BCUT2D eigenvalue weighted by molar-refractivity contribution is -0.140. The molecule has 0 bridgehead atoms. The third kappa shape index (κ3) is 4.60. The summed E-state index contributed by atoms with van der Waals surface area (Å²) in [5, 5.41) is 11.1. The minimum absolute atomic E-state index is 0.0647. The van der Waals surface area contributed by atoms with Crippen LogP contribution < -0.4 is 4.74 Å². The molecule has 2 aromatic carbocycles. The largest absolute Gasteiger partial charge is 0.507 e. The van der Waals surface area contributed by atoms with E-state index in [1.54, 1.807) is 6.07 Å². The first-order chi connectivity index (χ1) is 15.9. The third-order valence-corrected chi connectivity index (χ3v) is 5.88. The topological polar surface area (TPSA) is 79.3 Å². The van der Waals surface area contributed by atoms with Crippen LogP contribution in [0.2, 0.25) is 0 Å². The van der Waals surface area contributed by atoms with Gasteiger partial charge in [-0.15, -0.1) is 0 Å². The summed E-state index contributed by atoms with van der Waals surface area (Å²) in [6.07, 6.45) is 0. The smallest absolute Gasteiger partial charge is 0.295 e. The summed E-state index contributed by atoms with van der Waals surface area (Å²) in [6, 6.07) is 7.98. The van der Waals surface area contributed by atoms with Crippen molar-refractivity contribution in [3.05, 3.63) is 70.8 Å². The van der Waals surface area contributed by atoms with Crippen molar-refractivity contribution in [3.63, 3.8) is 0 Å². The highest BCUT2D eigenvalue weighted by Crippen LogP contribution is 2.41. The number of ether oxygens (including phenoxy) is 2. The molecule has 0 aromatic heterocycles. The Balaban J connectivity index is 1.79. The van der Waals surface area contributed by atoms with Gasteiger partial charge in [0, 0.05) is 26.2 Å². The van der Waals surface area contributed by atoms with Crippen LogP contribution in [0.3, 0.4) is 0 Å². The van der Waals surface area contributed by atoms with Crippen molar-refractivity contribution in [2.75, 3.05) is 46.5 Å². The Kier molecular flexibility index (Phi) is 6.71. The maximum Gasteiger partial charge on any atom is 0.295 e. The van der Waals surface area contributed by atoms with Crippen molar-refractivity contribution in [2.45, 2.75) is 6.04 Å². The van der Waals surface area contributed by atoms with E-state index >= 15 is 0 Å². The van der Waals surface area contributed by atoms with Crippen LogP contribution in [-0.4, -0.2) is 73.1 Å². The molecule has 1 atom stereocenters. The SMILES string of the molecule is COc1ccc(F)cc1C(O)=C1C(=O)C(=O)N(CCN2CCOCC2)[C@H]1c1cccc(F)c1. The molecular weight excluding hydrogens is 434 g/mol. The maximum atomic E-state index is 14.1. The van der Waals surface area contributed by atoms with Gasteiger partial charge in [-0.1, -0.05) is 12.1 Å². The molecule has 2 heterocycles. The lowest BCUT2D eigenvalue weighted by Gasteiger charge is -2.31. The highest BCUT2D eigenvalue weighted by Gasteiger charge is 2.46. The normalized spacial score (nSPS) is 20.9. The second-order valence-electron chi connectivity index (χ2n) is 7.85. The number of halogens is 2. The number of morpholine rings is 1. The van der Waals surface area contributed by atoms with Crippen LogP contribution in [-0.2, 0) is 14.3 Å². The van der Waals surface area contributed by atoms with E-state index in [0.717, 1.165) is 12.1 Å². The first-order valence-electron chi connectivity index (χ1n) is 10.6. The number of carbonyl (C=O) groups is 2. The van der Waals surface area contributed by atoms with Gasteiger partial charge in [-0.25, -0.2) is 8.78 Å². The van der Waals surface area contributed by atoms with E-state index in [-0.39, 0.29) is 23.4 Å². The molecule has 2 aliphatic heterocycles. The molecule has 2 aromatic rings. The number of rotatable bonds is 6. The van der Waals surface area contributed by atoms with Gasteiger partial charge in [0.15, 0.2) is 0 Å². The summed E-state index contributed by atoms with van der Waals surface area (Å²) in [5.41, 5.74) is 0.0228. The Morgan fingerprint density at radius 3 is 2.52 bits per heavy atom. The van der Waals surface area contributed by atoms with Crippen LogP contribution in [0.5, 0.6) is 5.75 Å². The van der Waals surface area contributed by atoms with Crippen LogP contribution in [0.4, 0.5) is 8.78 Å². The molecule has 2 aliphatic rings. The van der Waals surface area contributed by atoms with Crippen molar-refractivity contribution in [2.24, 2.45) is 0 Å². The van der Waals surface area contributed by atoms with Gasteiger partial charge in [0.1, 0.15) is 23.1 Å². The summed E-state index contributed by atoms with van der Waals surface area (Å²) in [4.78, 5) is 29.5. The average Bonchev–Trinajstić information content (AvgIpc) is 3.07. The lowest BCUT2D eigenvalue weighted by atomic mass is 9.95. The van der Waals surface area contributed by atoms with E-state index < -0.39 is 35.1 Å². The number of hydrogen-bond acceptors (Lipinski definition) is 6. The van der Waals surface area contributed by atoms with Crippen molar-refractivity contribution in [3.8, 4) is 5.75 Å². The third-order valence-electron chi connectivity index (χ3n) is 5.88. The number of nitrogens with zero attached hydrogens (tertiary/aromatic N) is 2. The highest BCUT2D eigenvalue weighted by molar-refractivity contribution is 6.46. The molecule has 174 valence electrons. The molecule has 2 saturated heterocycles. The van der Waals surface area contributed by atoms with Gasteiger partial charge < -0.3 is 19.5 Å². The molecule has 33 heavy (non-hydrogen) atoms. The molecule has 0 spiro atoms. The molecular formula is C24H24F2N2O5. The zero-order valence-electron chi connectivity index (χ0n) is 18.1. The van der Waals surface area contributed by atoms with Gasteiger partial charge in [0.25, 0.3) is 11.7 Å². The summed E-state index contributed by atoms with van der Waals surface area (Å²) >= 11 is 0. The lowest BCUT2D eigenvalue weighted by Crippen LogP contribution is -2.42. The minimum atomic E-state index is -1.03. The van der Waals surface area contributed by atoms with E-state index in [4.69, 9.17) is 9.47 Å². The molecule has 2 fully saturated rings. The summed E-state index contributed by atoms with van der Waals surface area (Å²) in [6.45, 7) is 3.19. The van der Waals surface area contributed by atoms with Crippen LogP contribution in [0.25, 0.3) is 5.76 Å². The Bertz CT molecular complexity index is 1100. The fraction of sp³-hybridized carbons (Fsp3) is 0.333. The van der Waals surface area contributed by atoms with Crippen molar-refractivity contribution in [1.82, 2.24) is 9.80 Å². The van der Waals surface area contributed by atoms with Gasteiger partial charge in [-0.2, -0.15) is 0 Å². The number of Topliss-reactive ketones (excluding diaryl/α,β-unsaturated/α-hetero) is 1. The number of aliphatic hydroxyl groups excluding tert-OH is 1. The van der Waals surface area contributed by atoms with E-state index in [9.17, 15) is 23.5 Å². The molecule has 0 radical (unpaired) electrons. The van der Waals surface area contributed by atoms with Crippen LogP contribution >= 0.6 is 0 Å². The van der Waals surface area contributed by atoms with Crippen molar-refractivity contribution >= 4 is 17.4 Å². The van der Waals surface area contributed by atoms with E-state index in [2.05, 4.69) is 4.90 Å². The van der Waals surface area contributed by atoms with Gasteiger partial charge in [0.2, 0.25) is 0 Å². The summed E-state index contributed by atoms with van der Waals surface area (Å²) in [5.74, 6) is -3.38. The summed E-state index contributed by atoms with van der Waals surface area (Å²) in [7, 11) is 1.34. The van der Waals surface area contributed by atoms with Gasteiger partial charge in [-0.05, 0) is 35.9 Å². The van der Waals surface area contributed by atoms with Crippen LogP contribution in [0, 0.1) is 11.6 Å². The van der Waals surface area contributed by atoms with Gasteiger partial charge >= 0.3 is 0 Å². The molecule has 1 N–H and O–H groups in total. The summed E-state index contributed by atoms with van der Waals surface area (Å²) < 4.78 is 38.6. The minimum Gasteiger partial charge on any atom is -0.507 e. The van der Waals surface area contributed by atoms with E-state index in [1.165, 1.54) is 36.3 Å². The first kappa shape index (κ1) is 22.9. The zero-order chi connectivity index (χ0) is 23.5. The second-order valence-corrected chi connectivity index (χ2v) is 7.85. The standard InChI is InChI=1S/C24H24F2N2O5/c1-32-19-6-5-17(26)14-18(19)22(29)20-21(15-3-2-4-16(25)13-15)28(24(31)23(20)30)8-7-27-9-11-33-12-10-27/h2-6,13-14,21,29H,7-12H2,1H3/t21-/m0/s1. The van der Waals surface area contributed by atoms with E-state index in [1.807, 2.05) is 0 Å². The highest BCUT2D eigenvalue weighted by atomic mass is 19.1. The van der Waals surface area contributed by atoms with Gasteiger partial charge in [0.05, 0.1) is 37.5 Å². The molecule has 0 unspecified atom stereocenters. The number of ketones is 1. The van der Waals surface area contributed by atoms with Crippen LogP contribution in [0.15, 0.2) is 48.0 Å². The number of aliphatic hydroxyl groups is 1. The number of carbonyl (C=O) groups excluding carboxylic acids is 2. The number of amides is 1. The van der Waals surface area contributed by atoms with Crippen molar-refractivity contribution < 1.29 is 33.0 Å². The molecule has 7 nitrogen and oxygen atoms in total. The molecule has 4 rings (SSSR count). The average molecular weight is 458 g/mol. The van der Waals surface area contributed by atoms with E-state index in [0.29, 0.717) is 38.4 Å². The van der Waals surface area contributed by atoms with Crippen LogP contribution in [0.1, 0.15) is 17.2 Å².